The number of hydrogen-bond acceptors (Lipinski definition) is 5. The Morgan fingerprint density at radius 1 is 1.17 bits per heavy atom. The van der Waals surface area contributed by atoms with Gasteiger partial charge >= 0.3 is 7.12 Å². The summed E-state index contributed by atoms with van der Waals surface area (Å²) in [6.45, 7) is 11.8. The second-order valence-corrected chi connectivity index (χ2v) is 7.20. The lowest BCUT2D eigenvalue weighted by Crippen LogP contribution is -2.41. The summed E-state index contributed by atoms with van der Waals surface area (Å²) in [5, 5.41) is 0. The average molecular weight is 322 g/mol. The summed E-state index contributed by atoms with van der Waals surface area (Å²) >= 11 is 0. The number of aromatic nitrogens is 1. The predicted molar refractivity (Wildman–Crippen MR) is 86.0 cm³/mol. The number of hydrogen-bond donors (Lipinski definition) is 0. The summed E-state index contributed by atoms with van der Waals surface area (Å²) in [5.74, 6) is -0.533. The second-order valence-electron chi connectivity index (χ2n) is 7.20. The lowest BCUT2D eigenvalue weighted by molar-refractivity contribution is 0.00578. The Balaban J connectivity index is 1.78. The Hall–Kier alpha value is -1.02. The van der Waals surface area contributed by atoms with Gasteiger partial charge in [-0.2, -0.15) is 4.39 Å². The third-order valence-electron chi connectivity index (χ3n) is 4.94. The van der Waals surface area contributed by atoms with Gasteiger partial charge in [0.05, 0.1) is 24.4 Å². The Labute approximate surface area is 137 Å². The molecule has 7 heteroatoms. The molecule has 0 saturated carbocycles. The van der Waals surface area contributed by atoms with Crippen molar-refractivity contribution < 1.29 is 18.4 Å². The van der Waals surface area contributed by atoms with Gasteiger partial charge in [0.2, 0.25) is 5.95 Å². The molecule has 2 saturated heterocycles. The first kappa shape index (κ1) is 16.8. The van der Waals surface area contributed by atoms with E-state index < -0.39 is 24.3 Å². The van der Waals surface area contributed by atoms with Gasteiger partial charge in [-0.15, -0.1) is 0 Å². The SMILES string of the molecule is CC1(C)OB(c2cc(CN3CCOCC3)cnc2F)OC1(C)C. The fourth-order valence-electron chi connectivity index (χ4n) is 2.75. The molecule has 2 fully saturated rings. The zero-order valence-electron chi connectivity index (χ0n) is 14.3. The van der Waals surface area contributed by atoms with E-state index in [1.807, 2.05) is 27.7 Å². The van der Waals surface area contributed by atoms with Crippen LogP contribution in [0.2, 0.25) is 0 Å². The molecule has 1 aromatic rings. The largest absolute Gasteiger partial charge is 0.499 e. The van der Waals surface area contributed by atoms with Crippen LogP contribution >= 0.6 is 0 Å². The van der Waals surface area contributed by atoms with Gasteiger partial charge in [0.25, 0.3) is 0 Å². The van der Waals surface area contributed by atoms with Crippen molar-refractivity contribution in [1.82, 2.24) is 9.88 Å². The fraction of sp³-hybridized carbons (Fsp3) is 0.688. The summed E-state index contributed by atoms with van der Waals surface area (Å²) in [4.78, 5) is 6.17. The normalized spacial score (nSPS) is 24.1. The predicted octanol–water partition coefficient (Wildman–Crippen LogP) is 1.35. The van der Waals surface area contributed by atoms with Crippen molar-refractivity contribution in [3.05, 3.63) is 23.8 Å². The van der Waals surface area contributed by atoms with Crippen LogP contribution in [-0.4, -0.2) is 54.5 Å². The van der Waals surface area contributed by atoms with Crippen molar-refractivity contribution in [1.29, 1.82) is 0 Å². The molecular weight excluding hydrogens is 298 g/mol. The highest BCUT2D eigenvalue weighted by Gasteiger charge is 2.52. The van der Waals surface area contributed by atoms with Crippen LogP contribution < -0.4 is 5.46 Å². The maximum Gasteiger partial charge on any atom is 0.499 e. The van der Waals surface area contributed by atoms with Crippen LogP contribution in [0.5, 0.6) is 0 Å². The van der Waals surface area contributed by atoms with Crippen molar-refractivity contribution in [2.24, 2.45) is 0 Å². The molecule has 0 unspecified atom stereocenters. The topological polar surface area (TPSA) is 43.8 Å². The molecule has 2 aliphatic heterocycles. The molecule has 0 bridgehead atoms. The molecule has 0 radical (unpaired) electrons. The van der Waals surface area contributed by atoms with Crippen molar-refractivity contribution in [2.75, 3.05) is 26.3 Å². The maximum atomic E-state index is 14.2. The van der Waals surface area contributed by atoms with Crippen molar-refractivity contribution >= 4 is 12.6 Å². The van der Waals surface area contributed by atoms with E-state index in [-0.39, 0.29) is 0 Å². The van der Waals surface area contributed by atoms with Gasteiger partial charge in [0.15, 0.2) is 0 Å². The fourth-order valence-corrected chi connectivity index (χ4v) is 2.75. The van der Waals surface area contributed by atoms with Crippen LogP contribution in [0.1, 0.15) is 33.3 Å². The number of nitrogens with zero attached hydrogens (tertiary/aromatic N) is 2. The summed E-state index contributed by atoms with van der Waals surface area (Å²) < 4.78 is 31.4. The van der Waals surface area contributed by atoms with E-state index in [4.69, 9.17) is 14.0 Å². The van der Waals surface area contributed by atoms with Gasteiger partial charge in [0, 0.05) is 31.3 Å². The molecule has 23 heavy (non-hydrogen) atoms. The van der Waals surface area contributed by atoms with E-state index in [1.54, 1.807) is 12.3 Å². The minimum Gasteiger partial charge on any atom is -0.399 e. The summed E-state index contributed by atoms with van der Waals surface area (Å²) in [6, 6.07) is 1.81. The minimum atomic E-state index is -0.725. The van der Waals surface area contributed by atoms with Gasteiger partial charge in [-0.1, -0.05) is 6.07 Å². The minimum absolute atomic E-state index is 0.370. The van der Waals surface area contributed by atoms with E-state index in [9.17, 15) is 4.39 Å². The van der Waals surface area contributed by atoms with Gasteiger partial charge in [-0.05, 0) is 33.3 Å². The highest BCUT2D eigenvalue weighted by Crippen LogP contribution is 2.36. The molecule has 0 spiro atoms. The molecule has 0 aromatic carbocycles. The molecule has 3 rings (SSSR count). The Morgan fingerprint density at radius 2 is 1.78 bits per heavy atom. The van der Waals surface area contributed by atoms with Crippen molar-refractivity contribution in [2.45, 2.75) is 45.4 Å². The first-order valence-electron chi connectivity index (χ1n) is 8.08. The first-order valence-corrected chi connectivity index (χ1v) is 8.08. The smallest absolute Gasteiger partial charge is 0.399 e. The Kier molecular flexibility index (Phi) is 4.48. The molecular formula is C16H24BFN2O3. The summed E-state index contributed by atoms with van der Waals surface area (Å²) in [5.41, 5.74) is 0.335. The van der Waals surface area contributed by atoms with Gasteiger partial charge in [-0.3, -0.25) is 4.90 Å². The van der Waals surface area contributed by atoms with Gasteiger partial charge in [-0.25, -0.2) is 4.98 Å². The van der Waals surface area contributed by atoms with Crippen LogP contribution in [0.3, 0.4) is 0 Å². The Bertz CT molecular complexity index is 560. The van der Waals surface area contributed by atoms with Crippen molar-refractivity contribution in [3.63, 3.8) is 0 Å². The third-order valence-corrected chi connectivity index (χ3v) is 4.94. The van der Waals surface area contributed by atoms with Crippen LogP contribution in [0.25, 0.3) is 0 Å². The average Bonchev–Trinajstić information content (AvgIpc) is 2.70. The molecule has 0 aliphatic carbocycles. The molecule has 5 nitrogen and oxygen atoms in total. The molecule has 2 aliphatic rings. The Morgan fingerprint density at radius 3 is 2.39 bits per heavy atom. The van der Waals surface area contributed by atoms with Crippen LogP contribution in [0.4, 0.5) is 4.39 Å². The van der Waals surface area contributed by atoms with E-state index in [2.05, 4.69) is 9.88 Å². The van der Waals surface area contributed by atoms with E-state index in [0.29, 0.717) is 5.46 Å². The summed E-state index contributed by atoms with van der Waals surface area (Å²) in [7, 11) is -0.725. The summed E-state index contributed by atoms with van der Waals surface area (Å²) in [6.07, 6.45) is 1.58. The lowest BCUT2D eigenvalue weighted by Gasteiger charge is -2.32. The number of halogens is 1. The quantitative estimate of drug-likeness (QED) is 0.621. The van der Waals surface area contributed by atoms with Crippen LogP contribution in [0, 0.1) is 5.95 Å². The molecule has 126 valence electrons. The zero-order chi connectivity index (χ0) is 16.7. The number of ether oxygens (including phenoxy) is 1. The van der Waals surface area contributed by atoms with Gasteiger partial charge < -0.3 is 14.0 Å². The molecule has 0 N–H and O–H groups in total. The van der Waals surface area contributed by atoms with E-state index in [1.165, 1.54) is 0 Å². The van der Waals surface area contributed by atoms with Crippen molar-refractivity contribution in [3.8, 4) is 0 Å². The lowest BCUT2D eigenvalue weighted by atomic mass is 9.79. The standard InChI is InChI=1S/C16H24BFN2O3/c1-15(2)16(3,4)23-17(22-15)13-9-12(10-19-14(13)18)11-20-5-7-21-8-6-20/h9-10H,5-8,11H2,1-4H3. The number of rotatable bonds is 3. The number of pyridine rings is 1. The molecule has 0 amide bonds. The first-order chi connectivity index (χ1) is 10.8. The van der Waals surface area contributed by atoms with Crippen LogP contribution in [-0.2, 0) is 20.6 Å². The van der Waals surface area contributed by atoms with E-state index >= 15 is 0 Å². The molecule has 0 atom stereocenters. The highest BCUT2D eigenvalue weighted by atomic mass is 19.1. The number of morpholine rings is 1. The maximum absolute atomic E-state index is 14.2. The second kappa shape index (κ2) is 6.13. The molecule has 3 heterocycles. The molecule has 1 aromatic heterocycles. The third kappa shape index (κ3) is 3.43. The van der Waals surface area contributed by atoms with Gasteiger partial charge in [0.1, 0.15) is 0 Å². The monoisotopic (exact) mass is 322 g/mol. The zero-order valence-corrected chi connectivity index (χ0v) is 14.3. The van der Waals surface area contributed by atoms with E-state index in [0.717, 1.165) is 38.4 Å². The highest BCUT2D eigenvalue weighted by molar-refractivity contribution is 6.62. The van der Waals surface area contributed by atoms with Crippen LogP contribution in [0.15, 0.2) is 12.3 Å².